The molecule has 1 nitrogen and oxygen atoms in total. The zero-order chi connectivity index (χ0) is 11.1. The summed E-state index contributed by atoms with van der Waals surface area (Å²) < 4.78 is 0. The van der Waals surface area contributed by atoms with Crippen LogP contribution in [0.5, 0.6) is 0 Å². The Morgan fingerprint density at radius 2 is 1.81 bits per heavy atom. The molecule has 0 heterocycles. The second-order valence-corrected chi connectivity index (χ2v) is 5.01. The van der Waals surface area contributed by atoms with Gasteiger partial charge in [0, 0.05) is 6.04 Å². The summed E-state index contributed by atoms with van der Waals surface area (Å²) in [5.74, 6) is 1.50. The summed E-state index contributed by atoms with van der Waals surface area (Å²) in [5, 5.41) is 2.59. The lowest BCUT2D eigenvalue weighted by atomic mass is 9.99. The molecule has 1 fully saturated rings. The average molecular weight is 211 g/mol. The third kappa shape index (κ3) is 1.61. The quantitative estimate of drug-likeness (QED) is 0.808. The highest BCUT2D eigenvalue weighted by molar-refractivity contribution is 5.83. The van der Waals surface area contributed by atoms with Crippen molar-refractivity contribution in [3.8, 4) is 0 Å². The molecule has 1 saturated carbocycles. The Morgan fingerprint density at radius 1 is 1.12 bits per heavy atom. The van der Waals surface area contributed by atoms with Crippen molar-refractivity contribution in [1.29, 1.82) is 0 Å². The van der Waals surface area contributed by atoms with Crippen molar-refractivity contribution in [3.05, 3.63) is 48.0 Å². The molecule has 3 atom stereocenters. The first kappa shape index (κ1) is 9.86. The Morgan fingerprint density at radius 3 is 2.50 bits per heavy atom. The first-order valence-electron chi connectivity index (χ1n) is 6.00. The van der Waals surface area contributed by atoms with Crippen molar-refractivity contribution >= 4 is 10.8 Å². The van der Waals surface area contributed by atoms with Crippen LogP contribution in [0.1, 0.15) is 24.9 Å². The van der Waals surface area contributed by atoms with E-state index in [9.17, 15) is 0 Å². The van der Waals surface area contributed by atoms with Gasteiger partial charge in [0.15, 0.2) is 0 Å². The zero-order valence-electron chi connectivity index (χ0n) is 9.56. The van der Waals surface area contributed by atoms with Gasteiger partial charge in [-0.15, -0.1) is 0 Å². The highest BCUT2D eigenvalue weighted by atomic mass is 14.7. The Labute approximate surface area is 96.3 Å². The van der Waals surface area contributed by atoms with E-state index in [4.69, 9.17) is 5.73 Å². The smallest absolute Gasteiger partial charge is 0.0326 e. The Balaban J connectivity index is 1.98. The summed E-state index contributed by atoms with van der Waals surface area (Å²) in [6.45, 7) is 2.28. The van der Waals surface area contributed by atoms with E-state index in [0.29, 0.717) is 5.92 Å². The molecule has 0 aromatic heterocycles. The molecule has 2 aromatic carbocycles. The minimum absolute atomic E-state index is 0.222. The van der Waals surface area contributed by atoms with Gasteiger partial charge in [0.05, 0.1) is 0 Å². The molecule has 0 bridgehead atoms. The van der Waals surface area contributed by atoms with Gasteiger partial charge >= 0.3 is 0 Å². The van der Waals surface area contributed by atoms with Gasteiger partial charge in [0.25, 0.3) is 0 Å². The van der Waals surface area contributed by atoms with Crippen LogP contribution in [0.2, 0.25) is 0 Å². The SMILES string of the molecule is CC1CC1C(N)c1ccc2ccccc2c1. The molecule has 0 aliphatic heterocycles. The zero-order valence-corrected chi connectivity index (χ0v) is 9.56. The molecule has 1 heteroatoms. The highest BCUT2D eigenvalue weighted by Gasteiger charge is 2.38. The summed E-state index contributed by atoms with van der Waals surface area (Å²) >= 11 is 0. The largest absolute Gasteiger partial charge is 0.324 e. The maximum atomic E-state index is 6.28. The van der Waals surface area contributed by atoms with Gasteiger partial charge in [-0.05, 0) is 40.7 Å². The standard InChI is InChI=1S/C15H17N/c1-10-8-14(10)15(16)13-7-6-11-4-2-3-5-12(11)9-13/h2-7,9-10,14-15H,8,16H2,1H3. The van der Waals surface area contributed by atoms with Crippen molar-refractivity contribution in [2.24, 2.45) is 17.6 Å². The number of rotatable bonds is 2. The van der Waals surface area contributed by atoms with Gasteiger partial charge in [0.2, 0.25) is 0 Å². The van der Waals surface area contributed by atoms with Crippen molar-refractivity contribution in [2.75, 3.05) is 0 Å². The van der Waals surface area contributed by atoms with Crippen molar-refractivity contribution in [2.45, 2.75) is 19.4 Å². The first-order valence-corrected chi connectivity index (χ1v) is 6.00. The third-order valence-corrected chi connectivity index (χ3v) is 3.79. The highest BCUT2D eigenvalue weighted by Crippen LogP contribution is 2.45. The van der Waals surface area contributed by atoms with Crippen LogP contribution in [0, 0.1) is 11.8 Å². The van der Waals surface area contributed by atoms with Crippen LogP contribution in [0.25, 0.3) is 10.8 Å². The lowest BCUT2D eigenvalue weighted by Crippen LogP contribution is -2.13. The predicted molar refractivity (Wildman–Crippen MR) is 68.1 cm³/mol. The lowest BCUT2D eigenvalue weighted by Gasteiger charge is -2.12. The van der Waals surface area contributed by atoms with Crippen molar-refractivity contribution in [1.82, 2.24) is 0 Å². The van der Waals surface area contributed by atoms with E-state index in [2.05, 4.69) is 49.4 Å². The Hall–Kier alpha value is -1.34. The molecule has 2 N–H and O–H groups in total. The van der Waals surface area contributed by atoms with Gasteiger partial charge in [-0.3, -0.25) is 0 Å². The molecular weight excluding hydrogens is 194 g/mol. The van der Waals surface area contributed by atoms with Crippen molar-refractivity contribution in [3.63, 3.8) is 0 Å². The number of hydrogen-bond acceptors (Lipinski definition) is 1. The molecule has 3 unspecified atom stereocenters. The van der Waals surface area contributed by atoms with E-state index in [-0.39, 0.29) is 6.04 Å². The summed E-state index contributed by atoms with van der Waals surface area (Å²) in [6.07, 6.45) is 1.29. The van der Waals surface area contributed by atoms with Crippen LogP contribution >= 0.6 is 0 Å². The number of nitrogens with two attached hydrogens (primary N) is 1. The fraction of sp³-hybridized carbons (Fsp3) is 0.333. The average Bonchev–Trinajstić information content (AvgIpc) is 3.05. The van der Waals surface area contributed by atoms with E-state index < -0.39 is 0 Å². The van der Waals surface area contributed by atoms with Gasteiger partial charge in [-0.2, -0.15) is 0 Å². The van der Waals surface area contributed by atoms with E-state index in [1.165, 1.54) is 22.8 Å². The molecular formula is C15H17N. The molecule has 0 saturated heterocycles. The lowest BCUT2D eigenvalue weighted by molar-refractivity contribution is 0.594. The number of hydrogen-bond donors (Lipinski definition) is 1. The second-order valence-electron chi connectivity index (χ2n) is 5.01. The van der Waals surface area contributed by atoms with Crippen LogP contribution in [0.4, 0.5) is 0 Å². The van der Waals surface area contributed by atoms with E-state index in [1.54, 1.807) is 0 Å². The van der Waals surface area contributed by atoms with Gasteiger partial charge in [-0.25, -0.2) is 0 Å². The number of fused-ring (bicyclic) bond motifs is 1. The van der Waals surface area contributed by atoms with Crippen molar-refractivity contribution < 1.29 is 0 Å². The summed E-state index contributed by atoms with van der Waals surface area (Å²) in [6, 6.07) is 15.3. The summed E-state index contributed by atoms with van der Waals surface area (Å²) in [4.78, 5) is 0. The molecule has 1 aliphatic carbocycles. The van der Waals surface area contributed by atoms with Crippen LogP contribution in [-0.2, 0) is 0 Å². The van der Waals surface area contributed by atoms with E-state index in [1.807, 2.05) is 0 Å². The fourth-order valence-corrected chi connectivity index (χ4v) is 2.51. The minimum atomic E-state index is 0.222. The maximum absolute atomic E-state index is 6.28. The normalized spacial score (nSPS) is 25.6. The molecule has 3 rings (SSSR count). The van der Waals surface area contributed by atoms with Gasteiger partial charge < -0.3 is 5.73 Å². The van der Waals surface area contributed by atoms with Crippen LogP contribution < -0.4 is 5.73 Å². The Bertz CT molecular complexity index is 518. The van der Waals surface area contributed by atoms with E-state index >= 15 is 0 Å². The third-order valence-electron chi connectivity index (χ3n) is 3.79. The number of benzene rings is 2. The molecule has 0 spiro atoms. The molecule has 2 aromatic rings. The molecule has 1 aliphatic rings. The molecule has 0 amide bonds. The molecule has 16 heavy (non-hydrogen) atoms. The predicted octanol–water partition coefficient (Wildman–Crippen LogP) is 3.50. The van der Waals surface area contributed by atoms with Crippen LogP contribution in [0.15, 0.2) is 42.5 Å². The maximum Gasteiger partial charge on any atom is 0.0326 e. The van der Waals surface area contributed by atoms with E-state index in [0.717, 1.165) is 5.92 Å². The van der Waals surface area contributed by atoms with Gasteiger partial charge in [0.1, 0.15) is 0 Å². The molecule has 0 radical (unpaired) electrons. The summed E-state index contributed by atoms with van der Waals surface area (Å²) in [7, 11) is 0. The minimum Gasteiger partial charge on any atom is -0.324 e. The van der Waals surface area contributed by atoms with Crippen LogP contribution in [-0.4, -0.2) is 0 Å². The fourth-order valence-electron chi connectivity index (χ4n) is 2.51. The topological polar surface area (TPSA) is 26.0 Å². The molecule has 82 valence electrons. The monoisotopic (exact) mass is 211 g/mol. The first-order chi connectivity index (χ1) is 7.75. The second kappa shape index (κ2) is 3.60. The van der Waals surface area contributed by atoms with Gasteiger partial charge in [-0.1, -0.05) is 43.3 Å². The Kier molecular flexibility index (Phi) is 2.22. The summed E-state index contributed by atoms with van der Waals surface area (Å²) in [5.41, 5.74) is 7.57. The van der Waals surface area contributed by atoms with Crippen LogP contribution in [0.3, 0.4) is 0 Å².